The molecular formula is C32H34N2O9S. The summed E-state index contributed by atoms with van der Waals surface area (Å²) in [7, 11) is 2.79. The van der Waals surface area contributed by atoms with Gasteiger partial charge in [-0.15, -0.1) is 0 Å². The van der Waals surface area contributed by atoms with E-state index in [0.29, 0.717) is 55.8 Å². The largest absolute Gasteiger partial charge is 0.493 e. The van der Waals surface area contributed by atoms with Crippen LogP contribution in [0.15, 0.2) is 70.1 Å². The maximum absolute atomic E-state index is 14.0. The Labute approximate surface area is 258 Å². The van der Waals surface area contributed by atoms with Gasteiger partial charge in [-0.05, 0) is 62.2 Å². The molecular weight excluding hydrogens is 588 g/mol. The van der Waals surface area contributed by atoms with E-state index in [0.717, 1.165) is 0 Å². The summed E-state index contributed by atoms with van der Waals surface area (Å²) in [6.45, 7) is 9.46. The van der Waals surface area contributed by atoms with Crippen molar-refractivity contribution >= 4 is 29.4 Å². The van der Waals surface area contributed by atoms with E-state index in [1.165, 1.54) is 30.1 Å². The first-order valence-electron chi connectivity index (χ1n) is 13.8. The molecule has 0 N–H and O–H groups in total. The normalized spacial score (nSPS) is 14.3. The summed E-state index contributed by atoms with van der Waals surface area (Å²) < 4.78 is 34.4. The summed E-state index contributed by atoms with van der Waals surface area (Å²) in [6.07, 6.45) is 3.33. The lowest BCUT2D eigenvalue weighted by molar-refractivity contribution is -0.143. The number of ether oxygens (including phenoxy) is 6. The highest BCUT2D eigenvalue weighted by molar-refractivity contribution is 7.07. The second kappa shape index (κ2) is 14.6. The molecule has 232 valence electrons. The van der Waals surface area contributed by atoms with Crippen molar-refractivity contribution in [2.24, 2.45) is 4.99 Å². The number of carbonyl (C=O) groups is 2. The Morgan fingerprint density at radius 1 is 1.00 bits per heavy atom. The predicted octanol–water partition coefficient (Wildman–Crippen LogP) is 3.32. The Morgan fingerprint density at radius 2 is 1.75 bits per heavy atom. The van der Waals surface area contributed by atoms with E-state index in [1.807, 2.05) is 6.92 Å². The van der Waals surface area contributed by atoms with Gasteiger partial charge in [-0.3, -0.25) is 9.36 Å². The Hall–Kier alpha value is -4.84. The first-order chi connectivity index (χ1) is 21.3. The lowest BCUT2D eigenvalue weighted by Gasteiger charge is -2.25. The van der Waals surface area contributed by atoms with Crippen LogP contribution in [0.3, 0.4) is 0 Å². The van der Waals surface area contributed by atoms with Gasteiger partial charge in [0.1, 0.15) is 6.61 Å². The minimum Gasteiger partial charge on any atom is -0.493 e. The van der Waals surface area contributed by atoms with E-state index >= 15 is 0 Å². The molecule has 0 bridgehead atoms. The first kappa shape index (κ1) is 32.1. The van der Waals surface area contributed by atoms with E-state index in [-0.39, 0.29) is 31.0 Å². The van der Waals surface area contributed by atoms with Crippen molar-refractivity contribution in [2.45, 2.75) is 26.8 Å². The Morgan fingerprint density at radius 3 is 2.43 bits per heavy atom. The average Bonchev–Trinajstić information content (AvgIpc) is 3.32. The zero-order chi connectivity index (χ0) is 31.8. The molecule has 1 unspecified atom stereocenters. The third-order valence-electron chi connectivity index (χ3n) is 6.52. The highest BCUT2D eigenvalue weighted by Crippen LogP contribution is 2.36. The number of thiazole rings is 1. The average molecular weight is 623 g/mol. The predicted molar refractivity (Wildman–Crippen MR) is 164 cm³/mol. The van der Waals surface area contributed by atoms with Gasteiger partial charge in [0.2, 0.25) is 0 Å². The topological polar surface area (TPSA) is 124 Å². The third-order valence-corrected chi connectivity index (χ3v) is 7.50. The van der Waals surface area contributed by atoms with Gasteiger partial charge in [-0.25, -0.2) is 14.6 Å². The number of methoxy groups -OCH3 is 2. The zero-order valence-corrected chi connectivity index (χ0v) is 26.0. The van der Waals surface area contributed by atoms with Gasteiger partial charge >= 0.3 is 11.9 Å². The monoisotopic (exact) mass is 622 g/mol. The first-order valence-corrected chi connectivity index (χ1v) is 14.7. The van der Waals surface area contributed by atoms with Gasteiger partial charge in [0.25, 0.3) is 5.56 Å². The van der Waals surface area contributed by atoms with E-state index in [4.69, 9.17) is 23.7 Å². The molecule has 4 rings (SSSR count). The molecule has 12 heteroatoms. The van der Waals surface area contributed by atoms with Crippen molar-refractivity contribution in [3.63, 3.8) is 0 Å². The van der Waals surface area contributed by atoms with E-state index in [2.05, 4.69) is 16.3 Å². The van der Waals surface area contributed by atoms with E-state index < -0.39 is 18.0 Å². The minimum absolute atomic E-state index is 0.159. The molecule has 2 aromatic carbocycles. The Balaban J connectivity index is 1.85. The van der Waals surface area contributed by atoms with Crippen molar-refractivity contribution in [3.8, 4) is 23.0 Å². The van der Waals surface area contributed by atoms with Gasteiger partial charge in [0, 0.05) is 0 Å². The maximum atomic E-state index is 14.0. The zero-order valence-electron chi connectivity index (χ0n) is 25.2. The van der Waals surface area contributed by atoms with Crippen LogP contribution in [0.2, 0.25) is 0 Å². The molecule has 3 aromatic rings. The number of rotatable bonds is 13. The Bertz CT molecular complexity index is 1770. The van der Waals surface area contributed by atoms with Crippen molar-refractivity contribution in [1.82, 2.24) is 4.57 Å². The van der Waals surface area contributed by atoms with Crippen LogP contribution in [0.1, 0.15) is 37.9 Å². The van der Waals surface area contributed by atoms with Crippen LogP contribution in [0.25, 0.3) is 6.08 Å². The lowest BCUT2D eigenvalue weighted by atomic mass is 9.95. The molecule has 2 heterocycles. The molecule has 0 radical (unpaired) electrons. The number of fused-ring (bicyclic) bond motifs is 1. The van der Waals surface area contributed by atoms with Crippen LogP contribution in [-0.4, -0.2) is 57.2 Å². The number of esters is 2. The fourth-order valence-corrected chi connectivity index (χ4v) is 5.62. The quantitative estimate of drug-likeness (QED) is 0.209. The number of hydrogen-bond donors (Lipinski definition) is 0. The molecule has 1 aromatic heterocycles. The molecule has 0 fully saturated rings. The smallest absolute Gasteiger partial charge is 0.343 e. The van der Waals surface area contributed by atoms with Gasteiger partial charge < -0.3 is 28.4 Å². The van der Waals surface area contributed by atoms with Crippen LogP contribution in [0.4, 0.5) is 0 Å². The van der Waals surface area contributed by atoms with Crippen molar-refractivity contribution in [3.05, 3.63) is 91.1 Å². The van der Waals surface area contributed by atoms with Gasteiger partial charge in [-0.2, -0.15) is 0 Å². The summed E-state index contributed by atoms with van der Waals surface area (Å²) in [4.78, 5) is 43.9. The highest BCUT2D eigenvalue weighted by atomic mass is 32.1. The van der Waals surface area contributed by atoms with E-state index in [1.54, 1.807) is 62.4 Å². The van der Waals surface area contributed by atoms with Crippen LogP contribution in [-0.2, 0) is 19.1 Å². The number of carbonyl (C=O) groups excluding carboxylic acids is 2. The second-order valence-corrected chi connectivity index (χ2v) is 10.3. The summed E-state index contributed by atoms with van der Waals surface area (Å²) in [5.41, 5.74) is 1.62. The minimum atomic E-state index is -0.831. The fourth-order valence-electron chi connectivity index (χ4n) is 4.58. The summed E-state index contributed by atoms with van der Waals surface area (Å²) >= 11 is 1.19. The molecule has 0 aliphatic carbocycles. The van der Waals surface area contributed by atoms with Gasteiger partial charge in [-0.1, -0.05) is 36.1 Å². The van der Waals surface area contributed by atoms with Crippen LogP contribution in [0, 0.1) is 0 Å². The van der Waals surface area contributed by atoms with Crippen LogP contribution in [0.5, 0.6) is 23.0 Å². The molecule has 0 amide bonds. The molecule has 1 atom stereocenters. The molecule has 1 aliphatic rings. The number of hydrogen-bond acceptors (Lipinski definition) is 11. The summed E-state index contributed by atoms with van der Waals surface area (Å²) in [6, 6.07) is 9.53. The molecule has 0 saturated carbocycles. The van der Waals surface area contributed by atoms with Gasteiger partial charge in [0.05, 0.1) is 49.3 Å². The van der Waals surface area contributed by atoms with Gasteiger partial charge in [0.15, 0.2) is 34.4 Å². The number of benzene rings is 2. The molecule has 11 nitrogen and oxygen atoms in total. The number of nitrogens with zero attached hydrogens (tertiary/aromatic N) is 2. The number of aromatic nitrogens is 1. The molecule has 0 saturated heterocycles. The molecule has 44 heavy (non-hydrogen) atoms. The lowest BCUT2D eigenvalue weighted by Crippen LogP contribution is -2.40. The summed E-state index contributed by atoms with van der Waals surface area (Å²) in [5.74, 6) is 0.597. The summed E-state index contributed by atoms with van der Waals surface area (Å²) in [5, 5.41) is 0. The van der Waals surface area contributed by atoms with Crippen LogP contribution >= 0.6 is 11.3 Å². The van der Waals surface area contributed by atoms with Crippen molar-refractivity contribution in [1.29, 1.82) is 0 Å². The fraction of sp³-hybridized carbons (Fsp3) is 0.312. The molecule has 1 aliphatic heterocycles. The van der Waals surface area contributed by atoms with E-state index in [9.17, 15) is 14.4 Å². The Kier molecular flexibility index (Phi) is 10.6. The highest BCUT2D eigenvalue weighted by Gasteiger charge is 2.34. The SMILES string of the molecule is C=CCOc1ccc(C2C(C(=O)OCC)=C(C)N=c3sc(=Cc4ccc(OCC(=O)OC)c(OCC)c4)c(=O)n32)cc1OC. The van der Waals surface area contributed by atoms with Crippen LogP contribution < -0.4 is 33.8 Å². The number of allylic oxidation sites excluding steroid dienone is 1. The second-order valence-electron chi connectivity index (χ2n) is 9.32. The van der Waals surface area contributed by atoms with Crippen molar-refractivity contribution < 1.29 is 38.0 Å². The maximum Gasteiger partial charge on any atom is 0.343 e. The van der Waals surface area contributed by atoms with Crippen molar-refractivity contribution in [2.75, 3.05) is 40.6 Å². The standard InChI is InChI=1S/C32H34N2O9S/c1-7-14-42-22-13-11-21(17-24(22)38-5)29-28(31(37)41-9-3)19(4)33-32-34(29)30(36)26(44-32)16-20-10-12-23(25(15-20)40-8-2)43-18-27(35)39-6/h7,10-13,15-17,29H,1,8-9,14,18H2,2-6H3. The third kappa shape index (κ3) is 6.86. The molecule has 0 spiro atoms.